The van der Waals surface area contributed by atoms with Gasteiger partial charge in [0, 0.05) is 18.7 Å². The van der Waals surface area contributed by atoms with Crippen molar-refractivity contribution in [3.63, 3.8) is 0 Å². The SMILES string of the molecule is CC1(C)O[C@H]2[C@H](O)[C@@H](CNC(=O)c3ccc(F)cc3)NC[C@@H]2O1. The standard InChI is InChI=1S/C16H21FN2O4/c1-16(2)22-12-8-18-11(13(20)14(12)23-16)7-19-15(21)9-3-5-10(17)6-4-9/h3-6,11-14,18,20H,7-8H2,1-2H3,(H,19,21)/t11-,12+,13-,14-/m1/s1. The van der Waals surface area contributed by atoms with Crippen LogP contribution in [-0.2, 0) is 9.47 Å². The van der Waals surface area contributed by atoms with Gasteiger partial charge in [-0.25, -0.2) is 4.39 Å². The van der Waals surface area contributed by atoms with Crippen LogP contribution in [0.4, 0.5) is 4.39 Å². The summed E-state index contributed by atoms with van der Waals surface area (Å²) in [5, 5.41) is 16.3. The van der Waals surface area contributed by atoms with E-state index in [-0.39, 0.29) is 24.6 Å². The van der Waals surface area contributed by atoms with Crippen molar-refractivity contribution < 1.29 is 23.8 Å². The van der Waals surface area contributed by atoms with Crippen molar-refractivity contribution in [1.82, 2.24) is 10.6 Å². The third-order valence-electron chi connectivity index (χ3n) is 4.14. The number of amides is 1. The number of halogens is 1. The highest BCUT2D eigenvalue weighted by molar-refractivity contribution is 5.94. The van der Waals surface area contributed by atoms with E-state index in [0.717, 1.165) is 0 Å². The van der Waals surface area contributed by atoms with Gasteiger partial charge < -0.3 is 25.2 Å². The van der Waals surface area contributed by atoms with E-state index in [9.17, 15) is 14.3 Å². The number of fused-ring (bicyclic) bond motifs is 1. The number of ether oxygens (including phenoxy) is 2. The lowest BCUT2D eigenvalue weighted by molar-refractivity contribution is -0.153. The van der Waals surface area contributed by atoms with Crippen LogP contribution >= 0.6 is 0 Å². The molecule has 3 rings (SSSR count). The molecule has 0 spiro atoms. The van der Waals surface area contributed by atoms with Crippen LogP contribution in [-0.4, -0.2) is 54.2 Å². The van der Waals surface area contributed by atoms with Crippen LogP contribution < -0.4 is 10.6 Å². The summed E-state index contributed by atoms with van der Waals surface area (Å²) in [4.78, 5) is 12.0. The summed E-state index contributed by atoms with van der Waals surface area (Å²) in [6, 6.07) is 4.97. The number of hydrogen-bond donors (Lipinski definition) is 3. The fraction of sp³-hybridized carbons (Fsp3) is 0.562. The van der Waals surface area contributed by atoms with Crippen molar-refractivity contribution in [2.45, 2.75) is 44.0 Å². The zero-order valence-electron chi connectivity index (χ0n) is 13.1. The molecule has 2 aliphatic rings. The van der Waals surface area contributed by atoms with Crippen LogP contribution in [0.3, 0.4) is 0 Å². The Morgan fingerprint density at radius 3 is 2.78 bits per heavy atom. The molecule has 23 heavy (non-hydrogen) atoms. The predicted octanol–water partition coefficient (Wildman–Crippen LogP) is 0.408. The summed E-state index contributed by atoms with van der Waals surface area (Å²) in [6.07, 6.45) is -1.41. The van der Waals surface area contributed by atoms with E-state index in [2.05, 4.69) is 10.6 Å². The number of aliphatic hydroxyl groups excluding tert-OH is 1. The molecule has 6 nitrogen and oxygen atoms in total. The van der Waals surface area contributed by atoms with Crippen LogP contribution in [0, 0.1) is 5.82 Å². The van der Waals surface area contributed by atoms with E-state index in [1.165, 1.54) is 24.3 Å². The lowest BCUT2D eigenvalue weighted by Crippen LogP contribution is -2.61. The van der Waals surface area contributed by atoms with Crippen molar-refractivity contribution in [3.8, 4) is 0 Å². The van der Waals surface area contributed by atoms with E-state index >= 15 is 0 Å². The van der Waals surface area contributed by atoms with Gasteiger partial charge in [0.2, 0.25) is 0 Å². The van der Waals surface area contributed by atoms with Gasteiger partial charge in [-0.3, -0.25) is 4.79 Å². The predicted molar refractivity (Wildman–Crippen MR) is 80.4 cm³/mol. The van der Waals surface area contributed by atoms with Gasteiger partial charge in [-0.05, 0) is 38.1 Å². The Labute approximate surface area is 134 Å². The van der Waals surface area contributed by atoms with E-state index in [1.807, 2.05) is 13.8 Å². The maximum atomic E-state index is 12.9. The summed E-state index contributed by atoms with van der Waals surface area (Å²) in [5.41, 5.74) is 0.371. The zero-order valence-corrected chi connectivity index (χ0v) is 13.1. The zero-order chi connectivity index (χ0) is 16.6. The summed E-state index contributed by atoms with van der Waals surface area (Å²) in [6.45, 7) is 4.40. The molecule has 0 saturated carbocycles. The van der Waals surface area contributed by atoms with Gasteiger partial charge >= 0.3 is 0 Å². The Kier molecular flexibility index (Phi) is 4.37. The molecule has 4 atom stereocenters. The van der Waals surface area contributed by atoms with E-state index < -0.39 is 23.8 Å². The van der Waals surface area contributed by atoms with Gasteiger partial charge in [-0.1, -0.05) is 0 Å². The smallest absolute Gasteiger partial charge is 0.251 e. The van der Waals surface area contributed by atoms with Gasteiger partial charge in [0.1, 0.15) is 18.0 Å². The van der Waals surface area contributed by atoms with Crippen LogP contribution in [0.15, 0.2) is 24.3 Å². The Balaban J connectivity index is 1.56. The summed E-state index contributed by atoms with van der Waals surface area (Å²) in [7, 11) is 0. The van der Waals surface area contributed by atoms with Gasteiger partial charge in [0.05, 0.1) is 12.1 Å². The van der Waals surface area contributed by atoms with Gasteiger partial charge in [0.25, 0.3) is 5.91 Å². The highest BCUT2D eigenvalue weighted by atomic mass is 19.1. The molecule has 0 radical (unpaired) electrons. The molecule has 0 bridgehead atoms. The molecule has 1 aromatic carbocycles. The lowest BCUT2D eigenvalue weighted by Gasteiger charge is -2.35. The molecule has 0 aliphatic carbocycles. The molecule has 2 saturated heterocycles. The maximum Gasteiger partial charge on any atom is 0.251 e. The molecule has 7 heteroatoms. The number of benzene rings is 1. The molecule has 126 valence electrons. The third kappa shape index (κ3) is 3.53. The number of carbonyl (C=O) groups is 1. The molecule has 1 aromatic rings. The first kappa shape index (κ1) is 16.3. The van der Waals surface area contributed by atoms with Gasteiger partial charge in [-0.2, -0.15) is 0 Å². The highest BCUT2D eigenvalue weighted by Crippen LogP contribution is 2.32. The van der Waals surface area contributed by atoms with Crippen molar-refractivity contribution in [1.29, 1.82) is 0 Å². The molecular weight excluding hydrogens is 303 g/mol. The lowest BCUT2D eigenvalue weighted by atomic mass is 9.96. The van der Waals surface area contributed by atoms with Crippen LogP contribution in [0.5, 0.6) is 0 Å². The fourth-order valence-electron chi connectivity index (χ4n) is 3.03. The van der Waals surface area contributed by atoms with Crippen LogP contribution in [0.25, 0.3) is 0 Å². The minimum Gasteiger partial charge on any atom is -0.389 e. The topological polar surface area (TPSA) is 79.8 Å². The average molecular weight is 324 g/mol. The Morgan fingerprint density at radius 1 is 1.39 bits per heavy atom. The van der Waals surface area contributed by atoms with Crippen molar-refractivity contribution in [2.24, 2.45) is 0 Å². The first-order chi connectivity index (χ1) is 10.9. The second-order valence-corrected chi connectivity index (χ2v) is 6.36. The van der Waals surface area contributed by atoms with Crippen molar-refractivity contribution in [3.05, 3.63) is 35.6 Å². The second-order valence-electron chi connectivity index (χ2n) is 6.36. The normalized spacial score (nSPS) is 32.3. The van der Waals surface area contributed by atoms with E-state index in [1.54, 1.807) is 0 Å². The first-order valence-electron chi connectivity index (χ1n) is 7.66. The molecule has 0 unspecified atom stereocenters. The fourth-order valence-corrected chi connectivity index (χ4v) is 3.03. The number of carbonyl (C=O) groups excluding carboxylic acids is 1. The second kappa shape index (κ2) is 6.16. The van der Waals surface area contributed by atoms with Gasteiger partial charge in [0.15, 0.2) is 5.79 Å². The highest BCUT2D eigenvalue weighted by Gasteiger charge is 2.49. The number of rotatable bonds is 3. The molecular formula is C16H21FN2O4. The Bertz CT molecular complexity index is 578. The molecule has 2 heterocycles. The monoisotopic (exact) mass is 324 g/mol. The Morgan fingerprint density at radius 2 is 2.09 bits per heavy atom. The number of nitrogens with one attached hydrogen (secondary N) is 2. The minimum absolute atomic E-state index is 0.205. The quantitative estimate of drug-likeness (QED) is 0.750. The minimum atomic E-state index is -0.788. The first-order valence-corrected chi connectivity index (χ1v) is 7.66. The van der Waals surface area contributed by atoms with Crippen LogP contribution in [0.1, 0.15) is 24.2 Å². The van der Waals surface area contributed by atoms with Gasteiger partial charge in [-0.15, -0.1) is 0 Å². The number of aliphatic hydroxyl groups is 1. The summed E-state index contributed by atoms with van der Waals surface area (Å²) < 4.78 is 24.3. The van der Waals surface area contributed by atoms with E-state index in [4.69, 9.17) is 9.47 Å². The average Bonchev–Trinajstić information content (AvgIpc) is 2.82. The van der Waals surface area contributed by atoms with E-state index in [0.29, 0.717) is 12.1 Å². The summed E-state index contributed by atoms with van der Waals surface area (Å²) in [5.74, 6) is -1.42. The molecule has 2 aliphatic heterocycles. The number of piperidine rings is 1. The number of hydrogen-bond acceptors (Lipinski definition) is 5. The van der Waals surface area contributed by atoms with Crippen LogP contribution in [0.2, 0.25) is 0 Å². The third-order valence-corrected chi connectivity index (χ3v) is 4.14. The Hall–Kier alpha value is -1.54. The summed E-state index contributed by atoms with van der Waals surface area (Å²) >= 11 is 0. The molecule has 1 amide bonds. The van der Waals surface area contributed by atoms with Crippen molar-refractivity contribution >= 4 is 5.91 Å². The maximum absolute atomic E-state index is 12.9. The largest absolute Gasteiger partial charge is 0.389 e. The molecule has 0 aromatic heterocycles. The van der Waals surface area contributed by atoms with Crippen molar-refractivity contribution in [2.75, 3.05) is 13.1 Å². The molecule has 2 fully saturated rings. The molecule has 3 N–H and O–H groups in total.